The van der Waals surface area contributed by atoms with E-state index in [9.17, 15) is 14.7 Å². The number of hydrogen-bond donors (Lipinski definition) is 1. The summed E-state index contributed by atoms with van der Waals surface area (Å²) in [5.41, 5.74) is -1.04. The number of aliphatic carboxylic acids is 1. The number of amides is 1. The first-order chi connectivity index (χ1) is 8.31. The van der Waals surface area contributed by atoms with Crippen LogP contribution in [0, 0.1) is 0 Å². The van der Waals surface area contributed by atoms with Gasteiger partial charge in [0.15, 0.2) is 0 Å². The molecule has 1 rings (SSSR count). The smallest absolute Gasteiger partial charge is 0.329 e. The zero-order chi connectivity index (χ0) is 13.9. The van der Waals surface area contributed by atoms with Crippen molar-refractivity contribution in [3.8, 4) is 0 Å². The summed E-state index contributed by atoms with van der Waals surface area (Å²) in [4.78, 5) is 27.3. The average molecular weight is 256 g/mol. The highest BCUT2D eigenvalue weighted by Crippen LogP contribution is 2.31. The third-order valence-corrected chi connectivity index (χ3v) is 3.75. The second-order valence-corrected chi connectivity index (χ2v) is 5.48. The number of rotatable bonds is 3. The van der Waals surface area contributed by atoms with Crippen molar-refractivity contribution in [1.82, 2.24) is 9.80 Å². The predicted octanol–water partition coefficient (Wildman–Crippen LogP) is 1.18. The van der Waals surface area contributed by atoms with Crippen LogP contribution in [0.4, 0.5) is 0 Å². The van der Waals surface area contributed by atoms with Crippen LogP contribution in [-0.2, 0) is 9.59 Å². The molecule has 1 fully saturated rings. The van der Waals surface area contributed by atoms with Crippen LogP contribution < -0.4 is 0 Å². The van der Waals surface area contributed by atoms with Crippen molar-refractivity contribution in [1.29, 1.82) is 0 Å². The fraction of sp³-hybridized carbons (Fsp3) is 0.846. The quantitative estimate of drug-likeness (QED) is 0.823. The molecule has 0 radical (unpaired) electrons. The molecule has 1 unspecified atom stereocenters. The first-order valence-corrected chi connectivity index (χ1v) is 6.53. The zero-order valence-electron chi connectivity index (χ0n) is 11.8. The molecule has 5 heteroatoms. The highest BCUT2D eigenvalue weighted by molar-refractivity contribution is 5.86. The second-order valence-electron chi connectivity index (χ2n) is 5.48. The molecule has 1 aliphatic rings. The first-order valence-electron chi connectivity index (χ1n) is 6.53. The van der Waals surface area contributed by atoms with Crippen molar-refractivity contribution in [2.24, 2.45) is 0 Å². The van der Waals surface area contributed by atoms with Gasteiger partial charge in [-0.25, -0.2) is 4.79 Å². The highest BCUT2D eigenvalue weighted by atomic mass is 16.4. The summed E-state index contributed by atoms with van der Waals surface area (Å²) in [5, 5.41) is 9.66. The van der Waals surface area contributed by atoms with E-state index in [1.165, 1.54) is 6.92 Å². The summed E-state index contributed by atoms with van der Waals surface area (Å²) < 4.78 is 0. The third-order valence-electron chi connectivity index (χ3n) is 3.75. The summed E-state index contributed by atoms with van der Waals surface area (Å²) in [6.45, 7) is 6.81. The molecule has 0 aromatic carbocycles. The molecule has 1 atom stereocenters. The molecule has 1 N–H and O–H groups in total. The summed E-state index contributed by atoms with van der Waals surface area (Å²) in [7, 11) is 1.99. The largest absolute Gasteiger partial charge is 0.479 e. The van der Waals surface area contributed by atoms with Crippen molar-refractivity contribution in [3.05, 3.63) is 0 Å². The van der Waals surface area contributed by atoms with Crippen molar-refractivity contribution in [2.45, 2.75) is 51.6 Å². The Morgan fingerprint density at radius 3 is 2.33 bits per heavy atom. The Labute approximate surface area is 109 Å². The molecule has 0 aromatic rings. The van der Waals surface area contributed by atoms with E-state index in [0.717, 1.165) is 13.0 Å². The van der Waals surface area contributed by atoms with Crippen LogP contribution in [-0.4, -0.2) is 58.5 Å². The van der Waals surface area contributed by atoms with Gasteiger partial charge in [-0.15, -0.1) is 0 Å². The Balaban J connectivity index is 3.12. The van der Waals surface area contributed by atoms with E-state index in [1.54, 1.807) is 4.90 Å². The number of carboxylic acids is 1. The Hall–Kier alpha value is -1.10. The minimum Gasteiger partial charge on any atom is -0.479 e. The van der Waals surface area contributed by atoms with E-state index in [4.69, 9.17) is 0 Å². The lowest BCUT2D eigenvalue weighted by Gasteiger charge is -2.42. The third kappa shape index (κ3) is 2.83. The second kappa shape index (κ2) is 5.69. The highest BCUT2D eigenvalue weighted by Gasteiger charge is 2.47. The zero-order valence-corrected chi connectivity index (χ0v) is 11.8. The summed E-state index contributed by atoms with van der Waals surface area (Å²) in [6.07, 6.45) is 1.83. The van der Waals surface area contributed by atoms with Gasteiger partial charge >= 0.3 is 5.97 Å². The van der Waals surface area contributed by atoms with Crippen LogP contribution in [0.2, 0.25) is 0 Å². The van der Waals surface area contributed by atoms with E-state index < -0.39 is 11.5 Å². The van der Waals surface area contributed by atoms with Crippen molar-refractivity contribution < 1.29 is 14.7 Å². The number of hydrogen-bond acceptors (Lipinski definition) is 3. The van der Waals surface area contributed by atoms with Gasteiger partial charge in [0.05, 0.1) is 0 Å². The Kier molecular flexibility index (Phi) is 4.73. The topological polar surface area (TPSA) is 60.9 Å². The first kappa shape index (κ1) is 15.0. The molecule has 0 bridgehead atoms. The number of carbonyl (C=O) groups excluding carboxylic acids is 1. The standard InChI is InChI=1S/C13H24N2O3/c1-10(2)15(11(3)16)13(12(17)18)6-5-8-14(4)9-7-13/h10H,5-9H2,1-4H3,(H,17,18). The Morgan fingerprint density at radius 1 is 1.28 bits per heavy atom. The van der Waals surface area contributed by atoms with E-state index >= 15 is 0 Å². The molecule has 18 heavy (non-hydrogen) atoms. The van der Waals surface area contributed by atoms with Crippen LogP contribution in [0.15, 0.2) is 0 Å². The minimum absolute atomic E-state index is 0.0954. The SMILES string of the molecule is CC(=O)N(C(C)C)C1(C(=O)O)CCCN(C)CC1. The maximum atomic E-state index is 11.8. The normalized spacial score (nSPS) is 25.8. The number of carboxylic acid groups (broad SMARTS) is 1. The van der Waals surface area contributed by atoms with Gasteiger partial charge in [-0.3, -0.25) is 4.79 Å². The summed E-state index contributed by atoms with van der Waals surface area (Å²) >= 11 is 0. The van der Waals surface area contributed by atoms with Crippen molar-refractivity contribution >= 4 is 11.9 Å². The molecular formula is C13H24N2O3. The van der Waals surface area contributed by atoms with Gasteiger partial charge in [0, 0.05) is 19.5 Å². The maximum absolute atomic E-state index is 11.8. The molecular weight excluding hydrogens is 232 g/mol. The minimum atomic E-state index is -1.04. The Morgan fingerprint density at radius 2 is 1.89 bits per heavy atom. The van der Waals surface area contributed by atoms with E-state index in [0.29, 0.717) is 19.4 Å². The van der Waals surface area contributed by atoms with Crippen LogP contribution in [0.3, 0.4) is 0 Å². The lowest BCUT2D eigenvalue weighted by molar-refractivity contribution is -0.162. The van der Waals surface area contributed by atoms with Gasteiger partial charge in [-0.2, -0.15) is 0 Å². The number of carbonyl (C=O) groups is 2. The van der Waals surface area contributed by atoms with Crippen molar-refractivity contribution in [3.63, 3.8) is 0 Å². The molecule has 5 nitrogen and oxygen atoms in total. The summed E-state index contributed by atoms with van der Waals surface area (Å²) in [5.74, 6) is -1.03. The predicted molar refractivity (Wildman–Crippen MR) is 69.4 cm³/mol. The van der Waals surface area contributed by atoms with Gasteiger partial charge in [0.1, 0.15) is 5.54 Å². The van der Waals surface area contributed by atoms with Gasteiger partial charge in [0.2, 0.25) is 5.91 Å². The van der Waals surface area contributed by atoms with E-state index in [2.05, 4.69) is 4.90 Å². The van der Waals surface area contributed by atoms with Crippen LogP contribution in [0.25, 0.3) is 0 Å². The molecule has 1 amide bonds. The number of nitrogens with zero attached hydrogens (tertiary/aromatic N) is 2. The van der Waals surface area contributed by atoms with Crippen LogP contribution in [0.5, 0.6) is 0 Å². The lowest BCUT2D eigenvalue weighted by atomic mass is 9.87. The molecule has 0 aromatic heterocycles. The maximum Gasteiger partial charge on any atom is 0.329 e. The molecule has 1 saturated heterocycles. The van der Waals surface area contributed by atoms with Gasteiger partial charge < -0.3 is 14.9 Å². The average Bonchev–Trinajstić information content (AvgIpc) is 2.41. The molecule has 104 valence electrons. The fourth-order valence-corrected chi connectivity index (χ4v) is 2.97. The van der Waals surface area contributed by atoms with E-state index in [-0.39, 0.29) is 11.9 Å². The van der Waals surface area contributed by atoms with Crippen molar-refractivity contribution in [2.75, 3.05) is 20.1 Å². The molecule has 1 heterocycles. The van der Waals surface area contributed by atoms with E-state index in [1.807, 2.05) is 20.9 Å². The molecule has 0 saturated carbocycles. The Bertz CT molecular complexity index is 330. The van der Waals surface area contributed by atoms with Crippen LogP contribution >= 0.6 is 0 Å². The van der Waals surface area contributed by atoms with Crippen LogP contribution in [0.1, 0.15) is 40.0 Å². The fourth-order valence-electron chi connectivity index (χ4n) is 2.97. The van der Waals surface area contributed by atoms with Gasteiger partial charge in [-0.05, 0) is 46.7 Å². The van der Waals surface area contributed by atoms with Gasteiger partial charge in [0.25, 0.3) is 0 Å². The monoisotopic (exact) mass is 256 g/mol. The number of likely N-dealkylation sites (tertiary alicyclic amines) is 1. The van der Waals surface area contributed by atoms with Gasteiger partial charge in [-0.1, -0.05) is 0 Å². The lowest BCUT2D eigenvalue weighted by Crippen LogP contribution is -2.59. The molecule has 0 spiro atoms. The molecule has 0 aliphatic carbocycles. The molecule has 1 aliphatic heterocycles. The summed E-state index contributed by atoms with van der Waals surface area (Å²) in [6, 6.07) is -0.0954.